The summed E-state index contributed by atoms with van der Waals surface area (Å²) < 4.78 is 16.3. The molecule has 15 heteroatoms. The Labute approximate surface area is 612 Å². The Balaban J connectivity index is 0. The third-order valence-corrected chi connectivity index (χ3v) is 19.3. The number of esters is 3. The van der Waals surface area contributed by atoms with Gasteiger partial charge in [0.2, 0.25) is 0 Å². The molecule has 0 unspecified atom stereocenters. The van der Waals surface area contributed by atoms with Crippen molar-refractivity contribution in [2.24, 2.45) is 33.5 Å². The smallest absolute Gasteiger partial charge is 0.481 e. The van der Waals surface area contributed by atoms with Crippen molar-refractivity contribution in [1.82, 2.24) is 0 Å². The summed E-state index contributed by atoms with van der Waals surface area (Å²) in [6.07, 6.45) is 56.3. The minimum absolute atomic E-state index is 0. The van der Waals surface area contributed by atoms with Crippen LogP contribution >= 0.6 is 31.9 Å². The average molecular weight is 1470 g/mol. The normalized spacial score (nSPS) is 16.8. The van der Waals surface area contributed by atoms with Gasteiger partial charge < -0.3 is 36.5 Å². The first-order chi connectivity index (χ1) is 44.2. The van der Waals surface area contributed by atoms with Gasteiger partial charge in [0.1, 0.15) is 16.8 Å². The summed E-state index contributed by atoms with van der Waals surface area (Å²) in [4.78, 5) is 67.6. The van der Waals surface area contributed by atoms with E-state index in [9.17, 15) is 28.8 Å². The Bertz CT molecular complexity index is 1920. The van der Waals surface area contributed by atoms with E-state index in [2.05, 4.69) is 52.3 Å². The van der Waals surface area contributed by atoms with E-state index in [1.807, 2.05) is 76.2 Å². The Morgan fingerprint density at radius 2 is 0.600 bits per heavy atom. The van der Waals surface area contributed by atoms with Crippen LogP contribution < -0.4 is 18.9 Å². The quantitative estimate of drug-likeness (QED) is 0.00997. The SMILES string of the molecule is BrCCCCCCCCCCCCBr.C=C(C)C.CC(C)(C)OC(=O)C1(CCCCCCCCCCCCC2(C(=O)OC(C)(C)C)CC2)CC1.CC(C)(C)OC(=O)C1CC1.O=C(O)C1(CCCCCCCCCCCCC2(C(=O)O)CC2)CC1.O=C(O)C1CC1.[CH2-]CCC.[Li+]. The third-order valence-electron chi connectivity index (χ3n) is 18.2. The molecule has 0 radical (unpaired) electrons. The molecule has 6 aliphatic carbocycles. The van der Waals surface area contributed by atoms with Gasteiger partial charge >= 0.3 is 54.7 Å². The van der Waals surface area contributed by atoms with Gasteiger partial charge in [-0.1, -0.05) is 231 Å². The number of hydrogen-bond acceptors (Lipinski definition) is 9. The number of carbonyl (C=O) groups excluding carboxylic acids is 3. The summed E-state index contributed by atoms with van der Waals surface area (Å²) in [5, 5.41) is 28.6. The first-order valence-corrected chi connectivity index (χ1v) is 40.4. The molecule has 6 saturated carbocycles. The Kier molecular flexibility index (Phi) is 53.1. The van der Waals surface area contributed by atoms with Crippen molar-refractivity contribution in [3.8, 4) is 0 Å². The Morgan fingerprint density at radius 3 is 0.747 bits per heavy atom. The number of allylic oxidation sites excluding steroid dienone is 1. The molecule has 3 N–H and O–H groups in total. The van der Waals surface area contributed by atoms with E-state index in [4.69, 9.17) is 29.5 Å². The first kappa shape index (κ1) is 95.2. The predicted molar refractivity (Wildman–Crippen MR) is 398 cm³/mol. The molecule has 0 atom stereocenters. The van der Waals surface area contributed by atoms with Gasteiger partial charge in [-0.25, -0.2) is 0 Å². The van der Waals surface area contributed by atoms with Crippen LogP contribution in [0.1, 0.15) is 391 Å². The Hall–Kier alpha value is -1.88. The van der Waals surface area contributed by atoms with Gasteiger partial charge in [0.15, 0.2) is 0 Å². The minimum atomic E-state index is -0.630. The molecule has 6 rings (SSSR count). The minimum Gasteiger partial charge on any atom is -0.481 e. The molecule has 0 saturated heterocycles. The van der Waals surface area contributed by atoms with E-state index in [1.165, 1.54) is 190 Å². The third kappa shape index (κ3) is 54.5. The monoisotopic (exact) mass is 1460 g/mol. The van der Waals surface area contributed by atoms with E-state index >= 15 is 0 Å². The van der Waals surface area contributed by atoms with E-state index in [1.54, 1.807) is 0 Å². The largest absolute Gasteiger partial charge is 1.00 e. The summed E-state index contributed by atoms with van der Waals surface area (Å²) in [6, 6.07) is 0. The molecular formula is C80H145Br2LiO12. The van der Waals surface area contributed by atoms with Gasteiger partial charge in [-0.2, -0.15) is 6.42 Å². The molecular weight excluding hydrogens is 1320 g/mol. The van der Waals surface area contributed by atoms with Crippen molar-refractivity contribution in [2.75, 3.05) is 10.7 Å². The van der Waals surface area contributed by atoms with Crippen LogP contribution in [0.2, 0.25) is 0 Å². The van der Waals surface area contributed by atoms with Crippen molar-refractivity contribution >= 4 is 67.7 Å². The van der Waals surface area contributed by atoms with Crippen molar-refractivity contribution < 1.29 is 77.2 Å². The summed E-state index contributed by atoms with van der Waals surface area (Å²) in [6.45, 7) is 30.6. The van der Waals surface area contributed by atoms with E-state index < -0.39 is 17.9 Å². The molecule has 0 aromatic carbocycles. The zero-order valence-electron chi connectivity index (χ0n) is 63.7. The fourth-order valence-electron chi connectivity index (χ4n) is 10.9. The number of aliphatic carboxylic acids is 3. The van der Waals surface area contributed by atoms with Gasteiger partial charge in [0, 0.05) is 10.7 Å². The van der Waals surface area contributed by atoms with Crippen LogP contribution in [-0.2, 0) is 43.0 Å². The van der Waals surface area contributed by atoms with Gasteiger partial charge in [-0.3, -0.25) is 28.8 Å². The second kappa shape index (κ2) is 53.0. The van der Waals surface area contributed by atoms with Crippen molar-refractivity contribution in [2.45, 2.75) is 408 Å². The van der Waals surface area contributed by atoms with Crippen molar-refractivity contribution in [3.63, 3.8) is 0 Å². The number of carboxylic acids is 3. The summed E-state index contributed by atoms with van der Waals surface area (Å²) in [7, 11) is 0. The molecule has 6 aliphatic rings. The fraction of sp³-hybridized carbons (Fsp3) is 0.887. The number of carbonyl (C=O) groups is 6. The maximum Gasteiger partial charge on any atom is 1.00 e. The number of hydrogen-bond donors (Lipinski definition) is 3. The van der Waals surface area contributed by atoms with Gasteiger partial charge in [-0.05, 0) is 192 Å². The van der Waals surface area contributed by atoms with E-state index in [0.29, 0.717) is 0 Å². The second-order valence-electron chi connectivity index (χ2n) is 32.2. The Morgan fingerprint density at radius 1 is 0.400 bits per heavy atom. The van der Waals surface area contributed by atoms with Crippen LogP contribution in [0, 0.1) is 40.4 Å². The van der Waals surface area contributed by atoms with Crippen LogP contribution in [0.15, 0.2) is 12.2 Å². The first-order valence-electron chi connectivity index (χ1n) is 38.2. The molecule has 6 fully saturated rings. The molecule has 0 aliphatic heterocycles. The zero-order chi connectivity index (χ0) is 71.2. The van der Waals surface area contributed by atoms with Crippen LogP contribution in [0.4, 0.5) is 0 Å². The molecule has 552 valence electrons. The predicted octanol–water partition coefficient (Wildman–Crippen LogP) is 21.4. The maximum absolute atomic E-state index is 12.4. The molecule has 95 heavy (non-hydrogen) atoms. The summed E-state index contributed by atoms with van der Waals surface area (Å²) in [5.74, 6) is -1.52. The van der Waals surface area contributed by atoms with Crippen LogP contribution in [0.3, 0.4) is 0 Å². The maximum atomic E-state index is 12.4. The molecule has 0 spiro atoms. The summed E-state index contributed by atoms with van der Waals surface area (Å²) in [5.41, 5.74) is -0.834. The average Bonchev–Trinajstić information content (AvgIpc) is 1.66. The summed E-state index contributed by atoms with van der Waals surface area (Å²) >= 11 is 6.93. The molecule has 12 nitrogen and oxygen atoms in total. The topological polar surface area (TPSA) is 191 Å². The van der Waals surface area contributed by atoms with Gasteiger partial charge in [0.05, 0.1) is 33.5 Å². The van der Waals surface area contributed by atoms with Gasteiger partial charge in [-0.15, -0.1) is 6.58 Å². The zero-order valence-corrected chi connectivity index (χ0v) is 66.9. The van der Waals surface area contributed by atoms with Gasteiger partial charge in [0.25, 0.3) is 0 Å². The van der Waals surface area contributed by atoms with Crippen molar-refractivity contribution in [3.05, 3.63) is 19.1 Å². The van der Waals surface area contributed by atoms with Crippen LogP contribution in [0.25, 0.3) is 0 Å². The number of halogens is 2. The second-order valence-corrected chi connectivity index (χ2v) is 33.8. The van der Waals surface area contributed by atoms with Crippen LogP contribution in [0.5, 0.6) is 0 Å². The number of unbranched alkanes of at least 4 members (excludes halogenated alkanes) is 28. The number of ether oxygens (including phenoxy) is 3. The molecule has 0 aromatic rings. The number of carboxylic acid groups (broad SMARTS) is 3. The molecule has 0 bridgehead atoms. The fourth-order valence-corrected chi connectivity index (χ4v) is 11.7. The number of rotatable bonds is 44. The van der Waals surface area contributed by atoms with E-state index in [0.717, 1.165) is 135 Å². The van der Waals surface area contributed by atoms with Crippen LogP contribution in [-0.4, -0.2) is 78.6 Å². The van der Waals surface area contributed by atoms with Crippen molar-refractivity contribution in [1.29, 1.82) is 0 Å². The standard InChI is InChI=1S/C28H50O4.C20H34O4.C12H24Br2.C8H14O2.C4H6O2.C4H8.C4H9.Li/c1-25(2,3)31-23(29)27(19-20-27)17-15-13-11-9-7-8-10-12-14-16-18-28(21-22-28)24(30)32-26(4,5)6;21-17(22)19(13-14-19)11-9-7-5-3-1-2-4-6-8-10-12-20(15-16-20)18(23)24;13-11-9-7-5-3-1-2-4-6-8-10-12-14;1-8(2,3)10-7(9)6-4-5-6;5-4(6)3-1-2-3;1-4(2)3;1-3-4-2;/h7-22H2,1-6H3;1-16H2,(H,21,22)(H,23,24);1-12H2;6H,4-5H2,1-3H3;3H,1-2H2,(H,5,6);1H2,2-3H3;1,3-4H2,2H3;/q;;;;;;-1;+1. The van der Waals surface area contributed by atoms with E-state index in [-0.39, 0.29) is 87.1 Å². The molecule has 0 heterocycles. The molecule has 0 amide bonds. The number of alkyl halides is 2. The molecule has 0 aromatic heterocycles.